The van der Waals surface area contributed by atoms with E-state index in [1.807, 2.05) is 60.9 Å². The van der Waals surface area contributed by atoms with Crippen LogP contribution in [0.2, 0.25) is 0 Å². The van der Waals surface area contributed by atoms with Crippen molar-refractivity contribution in [2.45, 2.75) is 43.6 Å². The molecule has 1 amide bonds. The third kappa shape index (κ3) is 5.54. The fourth-order valence-electron chi connectivity index (χ4n) is 3.61. The molecular weight excluding hydrogens is 432 g/mol. The van der Waals surface area contributed by atoms with Gasteiger partial charge >= 0.3 is 0 Å². The molecule has 4 aromatic rings. The van der Waals surface area contributed by atoms with Gasteiger partial charge in [0.05, 0.1) is 23.6 Å². The van der Waals surface area contributed by atoms with Gasteiger partial charge < -0.3 is 9.73 Å². The average Bonchev–Trinajstić information content (AvgIpc) is 3.44. The van der Waals surface area contributed by atoms with Crippen molar-refractivity contribution in [2.24, 2.45) is 0 Å². The number of aryl methyl sites for hydroxylation is 1. The number of amides is 1. The van der Waals surface area contributed by atoms with Gasteiger partial charge in [-0.15, -0.1) is 10.2 Å². The van der Waals surface area contributed by atoms with Crippen molar-refractivity contribution in [3.05, 3.63) is 89.9 Å². The second-order valence-electron chi connectivity index (χ2n) is 8.09. The number of hydrogen-bond acceptors (Lipinski definition) is 5. The zero-order chi connectivity index (χ0) is 23.2. The highest BCUT2D eigenvalue weighted by atomic mass is 32.2. The van der Waals surface area contributed by atoms with Crippen molar-refractivity contribution in [2.75, 3.05) is 6.54 Å². The predicted octanol–water partition coefficient (Wildman–Crippen LogP) is 5.30. The third-order valence-corrected chi connectivity index (χ3v) is 6.68. The molecule has 6 nitrogen and oxygen atoms in total. The minimum Gasteiger partial charge on any atom is -0.469 e. The van der Waals surface area contributed by atoms with Gasteiger partial charge in [0.2, 0.25) is 5.91 Å². The Labute approximate surface area is 198 Å². The van der Waals surface area contributed by atoms with Crippen molar-refractivity contribution in [3.8, 4) is 11.4 Å². The van der Waals surface area contributed by atoms with Crippen LogP contribution < -0.4 is 5.32 Å². The summed E-state index contributed by atoms with van der Waals surface area (Å²) in [5, 5.41) is 12.3. The lowest BCUT2D eigenvalue weighted by molar-refractivity contribution is -0.120. The van der Waals surface area contributed by atoms with Crippen molar-refractivity contribution in [1.29, 1.82) is 0 Å². The first-order valence-electron chi connectivity index (χ1n) is 11.0. The Kier molecular flexibility index (Phi) is 7.29. The van der Waals surface area contributed by atoms with Crippen LogP contribution in [-0.2, 0) is 11.3 Å². The Morgan fingerprint density at radius 3 is 2.39 bits per heavy atom. The molecule has 33 heavy (non-hydrogen) atoms. The highest BCUT2D eigenvalue weighted by Gasteiger charge is 2.22. The lowest BCUT2D eigenvalue weighted by Crippen LogP contribution is -2.33. The van der Waals surface area contributed by atoms with Gasteiger partial charge in [0.25, 0.3) is 0 Å². The summed E-state index contributed by atoms with van der Waals surface area (Å²) in [6.07, 6.45) is 1.66. The van der Waals surface area contributed by atoms with Crippen molar-refractivity contribution in [3.63, 3.8) is 0 Å². The molecule has 0 saturated carbocycles. The molecule has 1 N–H and O–H groups in total. The van der Waals surface area contributed by atoms with Gasteiger partial charge in [-0.3, -0.25) is 9.36 Å². The van der Waals surface area contributed by atoms with Gasteiger partial charge in [-0.1, -0.05) is 79.3 Å². The van der Waals surface area contributed by atoms with Crippen LogP contribution in [0.5, 0.6) is 0 Å². The number of nitrogens with one attached hydrogen (secondary N) is 1. The van der Waals surface area contributed by atoms with Gasteiger partial charge in [-0.2, -0.15) is 0 Å². The molecule has 0 fully saturated rings. The molecule has 0 radical (unpaired) electrons. The predicted molar refractivity (Wildman–Crippen MR) is 131 cm³/mol. The van der Waals surface area contributed by atoms with E-state index >= 15 is 0 Å². The van der Waals surface area contributed by atoms with Gasteiger partial charge in [-0.05, 0) is 37.0 Å². The lowest BCUT2D eigenvalue weighted by atomic mass is 10.0. The van der Waals surface area contributed by atoms with Crippen LogP contribution in [0.1, 0.15) is 36.7 Å². The third-order valence-electron chi connectivity index (χ3n) is 5.60. The summed E-state index contributed by atoms with van der Waals surface area (Å²) < 4.78 is 7.54. The van der Waals surface area contributed by atoms with Crippen LogP contribution in [0.4, 0.5) is 0 Å². The van der Waals surface area contributed by atoms with Crippen LogP contribution in [0.15, 0.2) is 82.6 Å². The molecule has 4 rings (SSSR count). The first-order valence-corrected chi connectivity index (χ1v) is 11.9. The maximum absolute atomic E-state index is 12.8. The number of rotatable bonds is 9. The molecule has 0 unspecified atom stereocenters. The molecule has 2 aromatic carbocycles. The van der Waals surface area contributed by atoms with E-state index in [4.69, 9.17) is 4.42 Å². The highest BCUT2D eigenvalue weighted by Crippen LogP contribution is 2.30. The van der Waals surface area contributed by atoms with Crippen LogP contribution in [-0.4, -0.2) is 32.5 Å². The van der Waals surface area contributed by atoms with Crippen LogP contribution in [0.3, 0.4) is 0 Å². The first kappa shape index (κ1) is 22.9. The molecule has 2 aromatic heterocycles. The largest absolute Gasteiger partial charge is 0.469 e. The fourth-order valence-corrected chi connectivity index (χ4v) is 4.48. The molecule has 0 spiro atoms. The van der Waals surface area contributed by atoms with Gasteiger partial charge in [0.1, 0.15) is 5.76 Å². The van der Waals surface area contributed by atoms with Crippen molar-refractivity contribution in [1.82, 2.24) is 20.1 Å². The maximum Gasteiger partial charge on any atom is 0.233 e. The lowest BCUT2D eigenvalue weighted by Gasteiger charge is -2.16. The smallest absolute Gasteiger partial charge is 0.233 e. The quantitative estimate of drug-likeness (QED) is 0.343. The summed E-state index contributed by atoms with van der Waals surface area (Å²) in [5.74, 6) is 1.75. The Morgan fingerprint density at radius 1 is 1.03 bits per heavy atom. The molecule has 0 aliphatic heterocycles. The van der Waals surface area contributed by atoms with Crippen LogP contribution in [0, 0.1) is 6.92 Å². The Bertz CT molecular complexity index is 1190. The minimum atomic E-state index is -0.315. The number of benzene rings is 2. The molecule has 170 valence electrons. The van der Waals surface area contributed by atoms with E-state index in [1.54, 1.807) is 6.26 Å². The number of thioether (sulfide) groups is 1. The molecule has 0 aliphatic carbocycles. The van der Waals surface area contributed by atoms with Crippen LogP contribution in [0.25, 0.3) is 11.4 Å². The number of nitrogens with zero attached hydrogens (tertiary/aromatic N) is 3. The number of aromatic nitrogens is 3. The van der Waals surface area contributed by atoms with Crippen LogP contribution >= 0.6 is 11.8 Å². The second kappa shape index (κ2) is 10.5. The number of carbonyl (C=O) groups is 1. The summed E-state index contributed by atoms with van der Waals surface area (Å²) in [4.78, 5) is 12.8. The van der Waals surface area contributed by atoms with E-state index in [9.17, 15) is 4.79 Å². The molecular formula is C26H28N4O2S. The Hall–Kier alpha value is -3.32. The normalized spacial score (nSPS) is 12.9. The van der Waals surface area contributed by atoms with Crippen molar-refractivity contribution < 1.29 is 9.21 Å². The molecule has 7 heteroatoms. The minimum absolute atomic E-state index is 0.0157. The average molecular weight is 461 g/mol. The van der Waals surface area contributed by atoms with Gasteiger partial charge in [-0.25, -0.2) is 0 Å². The van der Waals surface area contributed by atoms with Gasteiger partial charge in [0, 0.05) is 6.54 Å². The SMILES string of the molecule is Cc1occc1-c1nnc(S[C@@H](C)C(=O)NC[C@H](C)c2ccccc2)n1Cc1ccccc1. The van der Waals surface area contributed by atoms with Gasteiger partial charge in [0.15, 0.2) is 11.0 Å². The standard InChI is InChI=1S/C26H28N4O2S/c1-18(22-12-8-5-9-13-22)16-27-25(31)20(3)33-26-29-28-24(23-14-15-32-19(23)2)30(26)17-21-10-6-4-7-11-21/h4-15,18,20H,16-17H2,1-3H3,(H,27,31)/t18-,20-/m0/s1. The van der Waals surface area contributed by atoms with E-state index < -0.39 is 0 Å². The van der Waals surface area contributed by atoms with E-state index in [1.165, 1.54) is 17.3 Å². The molecule has 0 aliphatic rings. The summed E-state index contributed by atoms with van der Waals surface area (Å²) >= 11 is 1.42. The zero-order valence-corrected chi connectivity index (χ0v) is 19.9. The second-order valence-corrected chi connectivity index (χ2v) is 9.39. The Balaban J connectivity index is 1.49. The zero-order valence-electron chi connectivity index (χ0n) is 19.1. The van der Waals surface area contributed by atoms with E-state index in [0.29, 0.717) is 18.2 Å². The van der Waals surface area contributed by atoms with E-state index in [-0.39, 0.29) is 17.1 Å². The highest BCUT2D eigenvalue weighted by molar-refractivity contribution is 8.00. The van der Waals surface area contributed by atoms with E-state index in [2.05, 4.69) is 46.7 Å². The maximum atomic E-state index is 12.8. The summed E-state index contributed by atoms with van der Waals surface area (Å²) in [6.45, 7) is 7.12. The Morgan fingerprint density at radius 2 is 1.73 bits per heavy atom. The monoisotopic (exact) mass is 460 g/mol. The number of carbonyl (C=O) groups excluding carboxylic acids is 1. The summed E-state index contributed by atoms with van der Waals surface area (Å²) in [6, 6.07) is 22.3. The molecule has 0 saturated heterocycles. The number of furan rings is 1. The number of hydrogen-bond donors (Lipinski definition) is 1. The van der Waals surface area contributed by atoms with E-state index in [0.717, 1.165) is 22.7 Å². The fraction of sp³-hybridized carbons (Fsp3) is 0.269. The summed E-state index contributed by atoms with van der Waals surface area (Å²) in [5.41, 5.74) is 3.25. The first-order chi connectivity index (χ1) is 16.0. The molecule has 2 atom stereocenters. The topological polar surface area (TPSA) is 72.9 Å². The molecule has 2 heterocycles. The van der Waals surface area contributed by atoms with Crippen molar-refractivity contribution >= 4 is 17.7 Å². The molecule has 0 bridgehead atoms. The summed E-state index contributed by atoms with van der Waals surface area (Å²) in [7, 11) is 0.